The quantitative estimate of drug-likeness (QED) is 0.258. The molecule has 0 saturated carbocycles. The van der Waals surface area contributed by atoms with E-state index < -0.39 is 42.4 Å². The molecule has 0 unspecified atom stereocenters. The van der Waals surface area contributed by atoms with Crippen molar-refractivity contribution in [1.82, 2.24) is 10.6 Å². The van der Waals surface area contributed by atoms with Crippen LogP contribution in [0.15, 0.2) is 36.4 Å². The Morgan fingerprint density at radius 3 is 2.11 bits per heavy atom. The van der Waals surface area contributed by atoms with Gasteiger partial charge in [0, 0.05) is 31.4 Å². The van der Waals surface area contributed by atoms with Gasteiger partial charge in [0.15, 0.2) is 6.23 Å². The molecule has 2 aromatic carbocycles. The lowest BCUT2D eigenvalue weighted by atomic mass is 9.96. The third-order valence-electron chi connectivity index (χ3n) is 5.63. The predicted octanol–water partition coefficient (Wildman–Crippen LogP) is -0.478. The number of nitrogens with one attached hydrogen (secondary N) is 2. The van der Waals surface area contributed by atoms with Crippen LogP contribution in [-0.2, 0) is 27.2 Å². The van der Waals surface area contributed by atoms with Crippen molar-refractivity contribution in [2.75, 3.05) is 6.54 Å². The standard InChI is InChI=1S/C23H28N4O8/c24-10-15(28)9-17-22(32)27-20(35-23(33)34)8-14-6-12(2-4-19(14)30)11-1-3-18(29)13(5-11)7-16(25)21(31)26-17/h1-6,15-17,20,28-30H,7-10,24-25H2,(H,26,31)(H,27,32)(H,33,34)/t15-,16+,17+,20+/m1/s1. The smallest absolute Gasteiger partial charge is 0.507 e. The van der Waals surface area contributed by atoms with E-state index in [0.29, 0.717) is 16.7 Å². The molecular formula is C23H28N4O8. The van der Waals surface area contributed by atoms with E-state index in [-0.39, 0.29) is 42.9 Å². The van der Waals surface area contributed by atoms with Crippen LogP contribution in [0.2, 0.25) is 0 Å². The van der Waals surface area contributed by atoms with Crippen LogP contribution in [0.4, 0.5) is 4.79 Å². The number of aliphatic hydroxyl groups excluding tert-OH is 1. The SMILES string of the molecule is NC[C@H](O)C[C@@H]1NC(=O)[C@@H](N)Cc2cc(ccc2O)-c2ccc(O)c(c2)C[C@H](OC(=O)O)NC1=O. The second-order valence-electron chi connectivity index (χ2n) is 8.27. The molecule has 3 rings (SSSR count). The number of nitrogens with two attached hydrogens (primary N) is 2. The number of carbonyl (C=O) groups excluding carboxylic acids is 2. The van der Waals surface area contributed by atoms with Crippen LogP contribution in [0.25, 0.3) is 11.1 Å². The van der Waals surface area contributed by atoms with Crippen LogP contribution in [0.1, 0.15) is 17.5 Å². The van der Waals surface area contributed by atoms with E-state index in [1.165, 1.54) is 12.1 Å². The molecule has 1 aliphatic rings. The van der Waals surface area contributed by atoms with Gasteiger partial charge < -0.3 is 47.3 Å². The molecule has 12 heteroatoms. The van der Waals surface area contributed by atoms with Gasteiger partial charge in [0.2, 0.25) is 11.8 Å². The van der Waals surface area contributed by atoms with Crippen LogP contribution >= 0.6 is 0 Å². The number of carboxylic acid groups (broad SMARTS) is 1. The van der Waals surface area contributed by atoms with Crippen molar-refractivity contribution in [3.63, 3.8) is 0 Å². The highest BCUT2D eigenvalue weighted by atomic mass is 16.7. The number of amides is 2. The summed E-state index contributed by atoms with van der Waals surface area (Å²) in [7, 11) is 0. The number of phenolic OH excluding ortho intramolecular Hbond substituents is 2. The Hall–Kier alpha value is -3.87. The molecule has 2 aromatic rings. The molecule has 0 spiro atoms. The van der Waals surface area contributed by atoms with Crippen LogP contribution in [0.3, 0.4) is 0 Å². The van der Waals surface area contributed by atoms with Gasteiger partial charge in [-0.25, -0.2) is 4.79 Å². The highest BCUT2D eigenvalue weighted by Crippen LogP contribution is 2.30. The molecule has 188 valence electrons. The summed E-state index contributed by atoms with van der Waals surface area (Å²) < 4.78 is 4.80. The summed E-state index contributed by atoms with van der Waals surface area (Å²) in [5.41, 5.74) is 13.4. The number of fused-ring (bicyclic) bond motifs is 5. The summed E-state index contributed by atoms with van der Waals surface area (Å²) in [4.78, 5) is 37.0. The van der Waals surface area contributed by atoms with Gasteiger partial charge in [0.1, 0.15) is 17.5 Å². The second kappa shape index (κ2) is 11.0. The van der Waals surface area contributed by atoms with Gasteiger partial charge in [-0.15, -0.1) is 0 Å². The first kappa shape index (κ1) is 25.7. The maximum absolute atomic E-state index is 13.0. The minimum Gasteiger partial charge on any atom is -0.508 e. The highest BCUT2D eigenvalue weighted by molar-refractivity contribution is 5.90. The lowest BCUT2D eigenvalue weighted by molar-refractivity contribution is -0.132. The number of benzene rings is 2. The number of hydrogen-bond donors (Lipinski definition) is 8. The van der Waals surface area contributed by atoms with Gasteiger partial charge in [-0.1, -0.05) is 12.1 Å². The summed E-state index contributed by atoms with van der Waals surface area (Å²) in [6.07, 6.45) is -4.81. The molecule has 1 aliphatic heterocycles. The van der Waals surface area contributed by atoms with Crippen molar-refractivity contribution < 1.29 is 39.5 Å². The number of aromatic hydroxyl groups is 2. The first-order valence-electron chi connectivity index (χ1n) is 10.9. The third kappa shape index (κ3) is 6.59. The molecule has 4 atom stereocenters. The minimum atomic E-state index is -1.67. The zero-order valence-electron chi connectivity index (χ0n) is 18.7. The van der Waals surface area contributed by atoms with Crippen LogP contribution in [0.5, 0.6) is 11.5 Å². The molecule has 10 N–H and O–H groups in total. The maximum Gasteiger partial charge on any atom is 0.507 e. The molecule has 0 aliphatic carbocycles. The Balaban J connectivity index is 2.08. The van der Waals surface area contributed by atoms with Crippen molar-refractivity contribution in [1.29, 1.82) is 0 Å². The van der Waals surface area contributed by atoms with Crippen molar-refractivity contribution in [3.8, 4) is 22.6 Å². The summed E-state index contributed by atoms with van der Waals surface area (Å²) in [5, 5.41) is 44.6. The van der Waals surface area contributed by atoms with Gasteiger partial charge in [-0.3, -0.25) is 9.59 Å². The van der Waals surface area contributed by atoms with Crippen LogP contribution in [0, 0.1) is 0 Å². The molecule has 4 bridgehead atoms. The van der Waals surface area contributed by atoms with Crippen LogP contribution < -0.4 is 22.1 Å². The lowest BCUT2D eigenvalue weighted by Crippen LogP contribution is -2.55. The minimum absolute atomic E-state index is 0.0605. The van der Waals surface area contributed by atoms with Crippen molar-refractivity contribution in [3.05, 3.63) is 47.5 Å². The fourth-order valence-electron chi connectivity index (χ4n) is 3.77. The zero-order valence-corrected chi connectivity index (χ0v) is 18.7. The third-order valence-corrected chi connectivity index (χ3v) is 5.63. The summed E-state index contributed by atoms with van der Waals surface area (Å²) in [6, 6.07) is 6.86. The number of carbonyl (C=O) groups is 3. The molecule has 1 heterocycles. The monoisotopic (exact) mass is 488 g/mol. The molecule has 0 saturated heterocycles. The molecule has 2 amide bonds. The van der Waals surface area contributed by atoms with Crippen molar-refractivity contribution in [2.45, 2.75) is 43.7 Å². The van der Waals surface area contributed by atoms with Gasteiger partial charge in [-0.05, 0) is 41.0 Å². The van der Waals surface area contributed by atoms with Gasteiger partial charge in [0.25, 0.3) is 0 Å². The van der Waals surface area contributed by atoms with E-state index in [0.717, 1.165) is 0 Å². The summed E-state index contributed by atoms with van der Waals surface area (Å²) >= 11 is 0. The van der Waals surface area contributed by atoms with E-state index in [9.17, 15) is 29.7 Å². The normalized spacial score (nSPS) is 21.6. The van der Waals surface area contributed by atoms with Crippen molar-refractivity contribution in [2.24, 2.45) is 11.5 Å². The Labute approximate surface area is 200 Å². The Morgan fingerprint density at radius 2 is 1.57 bits per heavy atom. The Morgan fingerprint density at radius 1 is 1.00 bits per heavy atom. The molecule has 35 heavy (non-hydrogen) atoms. The van der Waals surface area contributed by atoms with E-state index in [1.54, 1.807) is 24.3 Å². The highest BCUT2D eigenvalue weighted by Gasteiger charge is 2.29. The Kier molecular flexibility index (Phi) is 8.12. The lowest BCUT2D eigenvalue weighted by Gasteiger charge is -2.25. The molecule has 0 fully saturated rings. The van der Waals surface area contributed by atoms with Gasteiger partial charge in [-0.2, -0.15) is 0 Å². The zero-order chi connectivity index (χ0) is 25.7. The van der Waals surface area contributed by atoms with Gasteiger partial charge >= 0.3 is 6.16 Å². The number of ether oxygens (including phenoxy) is 1. The average Bonchev–Trinajstić information content (AvgIpc) is 2.80. The van der Waals surface area contributed by atoms with E-state index >= 15 is 0 Å². The first-order valence-corrected chi connectivity index (χ1v) is 10.9. The van der Waals surface area contributed by atoms with E-state index in [4.69, 9.17) is 21.3 Å². The molecule has 0 radical (unpaired) electrons. The van der Waals surface area contributed by atoms with Gasteiger partial charge in [0.05, 0.1) is 12.1 Å². The number of phenols is 2. The first-order chi connectivity index (χ1) is 16.6. The largest absolute Gasteiger partial charge is 0.508 e. The fraction of sp³-hybridized carbons (Fsp3) is 0.348. The maximum atomic E-state index is 13.0. The topological polar surface area (TPSA) is 217 Å². The molecule has 0 aromatic heterocycles. The predicted molar refractivity (Wildman–Crippen MR) is 123 cm³/mol. The number of aliphatic hydroxyl groups is 1. The summed E-state index contributed by atoms with van der Waals surface area (Å²) in [5.74, 6) is -1.82. The van der Waals surface area contributed by atoms with Crippen molar-refractivity contribution >= 4 is 18.0 Å². The molecular weight excluding hydrogens is 460 g/mol. The Bertz CT molecular complexity index is 1110. The summed E-state index contributed by atoms with van der Waals surface area (Å²) in [6.45, 7) is -0.192. The van der Waals surface area contributed by atoms with Crippen LogP contribution in [-0.4, -0.2) is 69.4 Å². The number of rotatable bonds is 4. The number of hydrogen-bond acceptors (Lipinski definition) is 9. The molecule has 12 nitrogen and oxygen atoms in total. The average molecular weight is 488 g/mol. The fourth-order valence-corrected chi connectivity index (χ4v) is 3.77. The van der Waals surface area contributed by atoms with E-state index in [1.807, 2.05) is 0 Å². The van der Waals surface area contributed by atoms with E-state index in [2.05, 4.69) is 10.6 Å². The second-order valence-corrected chi connectivity index (χ2v) is 8.27.